The second-order valence-electron chi connectivity index (χ2n) is 3.97. The molecule has 2 aromatic rings. The Morgan fingerprint density at radius 3 is 2.62 bits per heavy atom. The molecule has 0 aliphatic rings. The molecule has 0 aliphatic heterocycles. The monoisotopic (exact) mass is 236 g/mol. The molecule has 2 N–H and O–H groups in total. The maximum atomic E-state index is 4.48. The molecule has 0 aromatic carbocycles. The molecular formula is C11H16N4S. The maximum Gasteiger partial charge on any atom is 0.0898 e. The van der Waals surface area contributed by atoms with E-state index in [-0.39, 0.29) is 6.04 Å². The van der Waals surface area contributed by atoms with Gasteiger partial charge in [-0.05, 0) is 27.7 Å². The van der Waals surface area contributed by atoms with Gasteiger partial charge in [0.05, 0.1) is 33.8 Å². The van der Waals surface area contributed by atoms with Crippen LogP contribution in [0.3, 0.4) is 0 Å². The molecule has 4 nitrogen and oxygen atoms in total. The van der Waals surface area contributed by atoms with Crippen molar-refractivity contribution in [2.24, 2.45) is 0 Å². The zero-order valence-electron chi connectivity index (χ0n) is 9.96. The van der Waals surface area contributed by atoms with Crippen LogP contribution in [0.2, 0.25) is 0 Å². The van der Waals surface area contributed by atoms with Gasteiger partial charge in [0.15, 0.2) is 0 Å². The van der Waals surface area contributed by atoms with Gasteiger partial charge >= 0.3 is 0 Å². The third kappa shape index (κ3) is 2.09. The molecule has 2 aromatic heterocycles. The minimum atomic E-state index is 0.208. The molecule has 2 rings (SSSR count). The summed E-state index contributed by atoms with van der Waals surface area (Å²) in [5, 5.41) is 13.8. The third-order valence-electron chi connectivity index (χ3n) is 2.57. The van der Waals surface area contributed by atoms with Crippen LogP contribution in [0.4, 0.5) is 5.69 Å². The summed E-state index contributed by atoms with van der Waals surface area (Å²) in [5.74, 6) is 0. The number of rotatable bonds is 3. The number of nitrogens with zero attached hydrogens (tertiary/aromatic N) is 2. The van der Waals surface area contributed by atoms with Gasteiger partial charge in [-0.1, -0.05) is 0 Å². The molecular weight excluding hydrogens is 220 g/mol. The predicted octanol–water partition coefficient (Wildman–Crippen LogP) is 2.96. The first kappa shape index (κ1) is 11.1. The molecule has 0 amide bonds. The second kappa shape index (κ2) is 4.25. The molecule has 0 saturated heterocycles. The number of thiazole rings is 1. The summed E-state index contributed by atoms with van der Waals surface area (Å²) >= 11 is 1.68. The van der Waals surface area contributed by atoms with Crippen LogP contribution in [0, 0.1) is 20.8 Å². The number of anilines is 1. The molecule has 16 heavy (non-hydrogen) atoms. The van der Waals surface area contributed by atoms with E-state index in [1.165, 1.54) is 0 Å². The average molecular weight is 236 g/mol. The fourth-order valence-electron chi connectivity index (χ4n) is 1.63. The number of hydrogen-bond donors (Lipinski definition) is 2. The lowest BCUT2D eigenvalue weighted by Gasteiger charge is -2.13. The summed E-state index contributed by atoms with van der Waals surface area (Å²) in [4.78, 5) is 4.48. The van der Waals surface area contributed by atoms with Gasteiger partial charge in [-0.15, -0.1) is 11.3 Å². The Bertz CT molecular complexity index is 466. The smallest absolute Gasteiger partial charge is 0.0898 e. The zero-order chi connectivity index (χ0) is 11.7. The van der Waals surface area contributed by atoms with E-state index >= 15 is 0 Å². The van der Waals surface area contributed by atoms with Crippen molar-refractivity contribution in [3.8, 4) is 0 Å². The van der Waals surface area contributed by atoms with E-state index in [1.54, 1.807) is 11.3 Å². The maximum absolute atomic E-state index is 4.48. The Morgan fingerprint density at radius 2 is 2.12 bits per heavy atom. The lowest BCUT2D eigenvalue weighted by Crippen LogP contribution is -2.08. The van der Waals surface area contributed by atoms with E-state index in [0.29, 0.717) is 0 Å². The predicted molar refractivity (Wildman–Crippen MR) is 67.0 cm³/mol. The van der Waals surface area contributed by atoms with Crippen LogP contribution in [0.15, 0.2) is 5.38 Å². The van der Waals surface area contributed by atoms with E-state index in [2.05, 4.69) is 32.8 Å². The molecule has 0 bridgehead atoms. The second-order valence-corrected chi connectivity index (χ2v) is 5.03. The van der Waals surface area contributed by atoms with Gasteiger partial charge in [0.2, 0.25) is 0 Å². The highest BCUT2D eigenvalue weighted by atomic mass is 32.1. The van der Waals surface area contributed by atoms with Crippen molar-refractivity contribution in [2.75, 3.05) is 5.32 Å². The van der Waals surface area contributed by atoms with Crippen molar-refractivity contribution in [3.05, 3.63) is 27.5 Å². The van der Waals surface area contributed by atoms with Crippen LogP contribution >= 0.6 is 11.3 Å². The van der Waals surface area contributed by atoms with Gasteiger partial charge in [0.1, 0.15) is 0 Å². The van der Waals surface area contributed by atoms with Gasteiger partial charge in [-0.25, -0.2) is 4.98 Å². The van der Waals surface area contributed by atoms with E-state index in [1.807, 2.05) is 20.8 Å². The Kier molecular flexibility index (Phi) is 2.96. The molecule has 0 aliphatic carbocycles. The topological polar surface area (TPSA) is 53.6 Å². The SMILES string of the molecule is Cc1nc(C(C)Nc2c(C)n[nH]c2C)cs1. The highest BCUT2D eigenvalue weighted by Crippen LogP contribution is 2.24. The summed E-state index contributed by atoms with van der Waals surface area (Å²) in [6.07, 6.45) is 0. The molecule has 86 valence electrons. The number of aromatic nitrogens is 3. The lowest BCUT2D eigenvalue weighted by atomic mass is 10.2. The molecule has 1 unspecified atom stereocenters. The first-order valence-corrected chi connectivity index (χ1v) is 6.16. The van der Waals surface area contributed by atoms with E-state index in [0.717, 1.165) is 27.8 Å². The lowest BCUT2D eigenvalue weighted by molar-refractivity contribution is 0.842. The van der Waals surface area contributed by atoms with Crippen molar-refractivity contribution >= 4 is 17.0 Å². The molecule has 0 saturated carbocycles. The van der Waals surface area contributed by atoms with Gasteiger partial charge in [-0.3, -0.25) is 5.10 Å². The highest BCUT2D eigenvalue weighted by molar-refractivity contribution is 7.09. The fraction of sp³-hybridized carbons (Fsp3) is 0.455. The summed E-state index contributed by atoms with van der Waals surface area (Å²) in [5.41, 5.74) is 4.23. The van der Waals surface area contributed by atoms with Crippen LogP contribution < -0.4 is 5.32 Å². The van der Waals surface area contributed by atoms with Crippen LogP contribution in [0.25, 0.3) is 0 Å². The summed E-state index contributed by atoms with van der Waals surface area (Å²) in [7, 11) is 0. The first-order valence-electron chi connectivity index (χ1n) is 5.28. The number of hydrogen-bond acceptors (Lipinski definition) is 4. The Morgan fingerprint density at radius 1 is 1.38 bits per heavy atom. The molecule has 0 radical (unpaired) electrons. The number of aromatic amines is 1. The Hall–Kier alpha value is -1.36. The minimum absolute atomic E-state index is 0.208. The number of nitrogens with one attached hydrogen (secondary N) is 2. The van der Waals surface area contributed by atoms with Crippen molar-refractivity contribution < 1.29 is 0 Å². The largest absolute Gasteiger partial charge is 0.374 e. The van der Waals surface area contributed by atoms with Crippen molar-refractivity contribution in [1.29, 1.82) is 0 Å². The first-order chi connectivity index (χ1) is 7.58. The molecule has 2 heterocycles. The van der Waals surface area contributed by atoms with Gasteiger partial charge in [0.25, 0.3) is 0 Å². The highest BCUT2D eigenvalue weighted by Gasteiger charge is 2.12. The normalized spacial score (nSPS) is 12.8. The van der Waals surface area contributed by atoms with Crippen molar-refractivity contribution in [3.63, 3.8) is 0 Å². The average Bonchev–Trinajstić information content (AvgIpc) is 2.79. The van der Waals surface area contributed by atoms with Gasteiger partial charge < -0.3 is 5.32 Å². The van der Waals surface area contributed by atoms with Crippen LogP contribution in [-0.2, 0) is 0 Å². The van der Waals surface area contributed by atoms with E-state index < -0.39 is 0 Å². The summed E-state index contributed by atoms with van der Waals surface area (Å²) in [6.45, 7) is 8.14. The molecule has 5 heteroatoms. The number of aryl methyl sites for hydroxylation is 3. The fourth-order valence-corrected chi connectivity index (χ4v) is 2.34. The van der Waals surface area contributed by atoms with Crippen molar-refractivity contribution in [2.45, 2.75) is 33.7 Å². The standard InChI is InChI=1S/C11H16N4S/c1-6(10-5-16-9(4)13-10)12-11-7(2)14-15-8(11)3/h5-6,12H,1-4H3,(H,14,15). The number of H-pyrrole nitrogens is 1. The Balaban J connectivity index is 2.16. The van der Waals surface area contributed by atoms with Crippen molar-refractivity contribution in [1.82, 2.24) is 15.2 Å². The van der Waals surface area contributed by atoms with Crippen LogP contribution in [0.5, 0.6) is 0 Å². The van der Waals surface area contributed by atoms with E-state index in [4.69, 9.17) is 0 Å². The summed E-state index contributed by atoms with van der Waals surface area (Å²) < 4.78 is 0. The Labute approximate surface area is 99.1 Å². The molecule has 1 atom stereocenters. The summed E-state index contributed by atoms with van der Waals surface area (Å²) in [6, 6.07) is 0.208. The quantitative estimate of drug-likeness (QED) is 0.861. The molecule has 0 spiro atoms. The van der Waals surface area contributed by atoms with Gasteiger partial charge in [-0.2, -0.15) is 5.10 Å². The van der Waals surface area contributed by atoms with Crippen LogP contribution in [-0.4, -0.2) is 15.2 Å². The minimum Gasteiger partial charge on any atom is -0.374 e. The third-order valence-corrected chi connectivity index (χ3v) is 3.36. The van der Waals surface area contributed by atoms with E-state index in [9.17, 15) is 0 Å². The molecule has 0 fully saturated rings. The zero-order valence-corrected chi connectivity index (χ0v) is 10.8. The van der Waals surface area contributed by atoms with Crippen LogP contribution in [0.1, 0.15) is 35.1 Å². The van der Waals surface area contributed by atoms with Gasteiger partial charge in [0, 0.05) is 5.38 Å².